The summed E-state index contributed by atoms with van der Waals surface area (Å²) < 4.78 is 11.8. The molecule has 9 rings (SSSR count). The molecule has 8 nitrogen and oxygen atoms in total. The monoisotopic (exact) mass is 757 g/mol. The van der Waals surface area contributed by atoms with Gasteiger partial charge in [0.25, 0.3) is 5.91 Å². The summed E-state index contributed by atoms with van der Waals surface area (Å²) in [5, 5.41) is 26.5. The van der Waals surface area contributed by atoms with Crippen LogP contribution in [0, 0.1) is 16.2 Å². The van der Waals surface area contributed by atoms with Crippen LogP contribution in [0.3, 0.4) is 0 Å². The maximum absolute atomic E-state index is 15.4. The Bertz CT molecular complexity index is 2220. The first kappa shape index (κ1) is 38.3. The molecule has 0 spiro atoms. The van der Waals surface area contributed by atoms with Crippen LogP contribution in [-0.2, 0) is 27.3 Å². The topological polar surface area (TPSA) is 117 Å². The summed E-state index contributed by atoms with van der Waals surface area (Å²) in [6, 6.07) is 23.5. The molecule has 4 aliphatic carbocycles. The Labute approximate surface area is 329 Å². The quantitative estimate of drug-likeness (QED) is 0.110. The van der Waals surface area contributed by atoms with E-state index in [0.717, 1.165) is 33.9 Å². The molecule has 5 aliphatic rings. The van der Waals surface area contributed by atoms with Gasteiger partial charge in [-0.05, 0) is 123 Å². The highest BCUT2D eigenvalue weighted by Gasteiger charge is 2.76. The molecule has 0 unspecified atom stereocenters. The minimum absolute atomic E-state index is 0.0303. The first-order valence-electron chi connectivity index (χ1n) is 20.4. The van der Waals surface area contributed by atoms with E-state index in [4.69, 9.17) is 9.15 Å². The molecular formula is C48H55NO7. The molecular weight excluding hydrogens is 703 g/mol. The van der Waals surface area contributed by atoms with Crippen molar-refractivity contribution in [1.29, 1.82) is 0 Å². The Hall–Kier alpha value is -4.53. The molecule has 2 heterocycles. The maximum Gasteiger partial charge on any atom is 0.313 e. The Morgan fingerprint density at radius 2 is 1.70 bits per heavy atom. The second-order valence-electron chi connectivity index (χ2n) is 18.2. The summed E-state index contributed by atoms with van der Waals surface area (Å²) in [5.74, 6) is -0.832. The zero-order valence-corrected chi connectivity index (χ0v) is 33.4. The van der Waals surface area contributed by atoms with Crippen LogP contribution in [0.4, 0.5) is 0 Å². The molecule has 1 saturated heterocycles. The van der Waals surface area contributed by atoms with Crippen LogP contribution in [0.15, 0.2) is 95.1 Å². The number of benzene rings is 3. The highest BCUT2D eigenvalue weighted by atomic mass is 16.6. The largest absolute Gasteiger partial charge is 0.461 e. The lowest BCUT2D eigenvalue weighted by Crippen LogP contribution is -2.60. The van der Waals surface area contributed by atoms with E-state index < -0.39 is 33.6 Å². The molecule has 0 radical (unpaired) electrons. The molecule has 1 aliphatic heterocycles. The molecule has 2 N–H and O–H groups in total. The van der Waals surface area contributed by atoms with Crippen LogP contribution >= 0.6 is 0 Å². The lowest BCUT2D eigenvalue weighted by Gasteiger charge is -2.47. The van der Waals surface area contributed by atoms with Crippen molar-refractivity contribution in [1.82, 2.24) is 4.90 Å². The predicted molar refractivity (Wildman–Crippen MR) is 215 cm³/mol. The second kappa shape index (κ2) is 13.8. The van der Waals surface area contributed by atoms with Gasteiger partial charge in [0.05, 0.1) is 29.9 Å². The lowest BCUT2D eigenvalue weighted by atomic mass is 9.64. The number of hydrogen-bond donors (Lipinski definition) is 2. The van der Waals surface area contributed by atoms with Crippen LogP contribution in [0.1, 0.15) is 125 Å². The van der Waals surface area contributed by atoms with Gasteiger partial charge in [0.1, 0.15) is 0 Å². The summed E-state index contributed by atoms with van der Waals surface area (Å²) >= 11 is 0. The van der Waals surface area contributed by atoms with E-state index >= 15 is 4.79 Å². The van der Waals surface area contributed by atoms with E-state index in [9.17, 15) is 19.8 Å². The van der Waals surface area contributed by atoms with Crippen molar-refractivity contribution in [3.63, 3.8) is 0 Å². The third-order valence-electron chi connectivity index (χ3n) is 15.1. The van der Waals surface area contributed by atoms with Gasteiger partial charge in [0.15, 0.2) is 11.4 Å². The number of fused-ring (bicyclic) bond motifs is 11. The molecule has 8 heteroatoms. The highest BCUT2D eigenvalue weighted by Crippen LogP contribution is 2.66. The van der Waals surface area contributed by atoms with Crippen molar-refractivity contribution < 1.29 is 33.8 Å². The van der Waals surface area contributed by atoms with Gasteiger partial charge in [-0.15, -0.1) is 0 Å². The smallest absolute Gasteiger partial charge is 0.313 e. The summed E-state index contributed by atoms with van der Waals surface area (Å²) in [6.07, 6.45) is 8.19. The first-order chi connectivity index (χ1) is 26.6. The third-order valence-corrected chi connectivity index (χ3v) is 15.1. The molecule has 4 aromatic rings. The van der Waals surface area contributed by atoms with Gasteiger partial charge >= 0.3 is 5.97 Å². The van der Waals surface area contributed by atoms with E-state index in [0.29, 0.717) is 56.9 Å². The fourth-order valence-corrected chi connectivity index (χ4v) is 10.9. The number of carbonyl (C=O) groups is 3. The normalized spacial score (nSPS) is 31.1. The second-order valence-corrected chi connectivity index (χ2v) is 18.2. The number of allylic oxidation sites excluding steroid dienone is 2. The first-order valence-corrected chi connectivity index (χ1v) is 20.4. The summed E-state index contributed by atoms with van der Waals surface area (Å²) in [6.45, 7) is 10.4. The number of ether oxygens (including phenoxy) is 1. The van der Waals surface area contributed by atoms with Crippen molar-refractivity contribution in [2.45, 2.75) is 122 Å². The number of esters is 1. The summed E-state index contributed by atoms with van der Waals surface area (Å²) in [7, 11) is 0. The summed E-state index contributed by atoms with van der Waals surface area (Å²) in [4.78, 5) is 44.9. The van der Waals surface area contributed by atoms with Crippen molar-refractivity contribution in [2.24, 2.45) is 16.2 Å². The number of ketones is 1. The van der Waals surface area contributed by atoms with Crippen molar-refractivity contribution >= 4 is 28.4 Å². The molecule has 3 fully saturated rings. The van der Waals surface area contributed by atoms with Crippen LogP contribution < -0.4 is 0 Å². The van der Waals surface area contributed by atoms with E-state index in [-0.39, 0.29) is 42.4 Å². The molecule has 2 saturated carbocycles. The number of aliphatic hydroxyl groups excluding tert-OH is 1. The van der Waals surface area contributed by atoms with Gasteiger partial charge in [0, 0.05) is 22.9 Å². The SMILES string of the molecule is CC1=CCC[C@@]2(C)[C@@H](CC[C@@]2(O)CN(Cc2cccc3ccccc23)C(=O)[C@@]23CC[C@@](C)(C(=O)O2)C3(C)C)c2ccc(cc2C(=O)c2ccco2)C[C@@H](O)CC1. The fourth-order valence-electron chi connectivity index (χ4n) is 10.9. The molecule has 6 atom stereocenters. The number of aliphatic hydroxyl groups is 2. The van der Waals surface area contributed by atoms with Crippen molar-refractivity contribution in [3.05, 3.63) is 119 Å². The predicted octanol–water partition coefficient (Wildman–Crippen LogP) is 8.85. The minimum atomic E-state index is -1.37. The van der Waals surface area contributed by atoms with Gasteiger partial charge in [-0.2, -0.15) is 0 Å². The third kappa shape index (κ3) is 5.89. The maximum atomic E-state index is 15.4. The molecule has 56 heavy (non-hydrogen) atoms. The number of nitrogens with zero attached hydrogens (tertiary/aromatic N) is 1. The molecule has 1 amide bonds. The van der Waals surface area contributed by atoms with Crippen molar-refractivity contribution in [2.75, 3.05) is 6.54 Å². The fraction of sp³-hybridized carbons (Fsp3) is 0.479. The summed E-state index contributed by atoms with van der Waals surface area (Å²) in [5.41, 5.74) is -0.707. The molecule has 4 bridgehead atoms. The lowest BCUT2D eigenvalue weighted by molar-refractivity contribution is -0.178. The van der Waals surface area contributed by atoms with E-state index in [2.05, 4.69) is 38.1 Å². The Morgan fingerprint density at radius 3 is 2.43 bits per heavy atom. The van der Waals surface area contributed by atoms with E-state index in [1.165, 1.54) is 11.8 Å². The Morgan fingerprint density at radius 1 is 0.911 bits per heavy atom. The van der Waals surface area contributed by atoms with Crippen LogP contribution in [0.2, 0.25) is 0 Å². The van der Waals surface area contributed by atoms with Crippen LogP contribution in [0.25, 0.3) is 10.8 Å². The molecule has 294 valence electrons. The van der Waals surface area contributed by atoms with Gasteiger partial charge in [0.2, 0.25) is 5.78 Å². The van der Waals surface area contributed by atoms with Crippen molar-refractivity contribution in [3.8, 4) is 0 Å². The molecule has 3 aromatic carbocycles. The Kier molecular flexibility index (Phi) is 9.48. The van der Waals surface area contributed by atoms with Gasteiger partial charge < -0.3 is 24.3 Å². The average Bonchev–Trinajstić information content (AvgIpc) is 3.88. The minimum Gasteiger partial charge on any atom is -0.461 e. The van der Waals surface area contributed by atoms with Gasteiger partial charge in [-0.25, -0.2) is 0 Å². The zero-order chi connectivity index (χ0) is 39.7. The number of rotatable bonds is 7. The number of carbonyl (C=O) groups excluding carboxylic acids is 3. The van der Waals surface area contributed by atoms with E-state index in [1.807, 2.05) is 63.2 Å². The molecule has 1 aromatic heterocycles. The van der Waals surface area contributed by atoms with Crippen LogP contribution in [-0.4, -0.2) is 56.6 Å². The number of hydrogen-bond acceptors (Lipinski definition) is 7. The standard InChI is InChI=1S/C48H55NO7/c1-31-11-9-22-45(4)39(37-20-18-32(27-35(50)19-17-31)28-38(37)41(51)40-16-10-26-55-40)21-23-47(45,54)30-49(29-34-14-8-13-33-12-6-7-15-36(33)34)42(52)48-25-24-46(5,43(53)56-48)44(48,2)3/h6-8,10-16,18,20,26,28,35,39,50,54H,9,17,19,21-25,27,29-30H2,1-5H3/t35-,39-,45-,46-,47+,48+/m0/s1. The zero-order valence-electron chi connectivity index (χ0n) is 33.4. The average molecular weight is 758 g/mol. The number of furan rings is 1. The van der Waals surface area contributed by atoms with Gasteiger partial charge in [-0.3, -0.25) is 14.4 Å². The van der Waals surface area contributed by atoms with Crippen LogP contribution in [0.5, 0.6) is 0 Å². The Balaban J connectivity index is 1.24. The highest BCUT2D eigenvalue weighted by molar-refractivity contribution is 6.08. The van der Waals surface area contributed by atoms with Gasteiger partial charge in [-0.1, -0.05) is 87.0 Å². The number of amides is 1. The van der Waals surface area contributed by atoms with E-state index in [1.54, 1.807) is 17.0 Å².